The van der Waals surface area contributed by atoms with Gasteiger partial charge in [-0.3, -0.25) is 4.79 Å². The molecule has 1 heterocycles. The SMILES string of the molecule is COC(=O)c1ccc(C(=O)OC)c(NC(=O)c2ccc(COc3ccccc3)o2)c1. The van der Waals surface area contributed by atoms with Crippen LogP contribution in [0.3, 0.4) is 0 Å². The van der Waals surface area contributed by atoms with E-state index in [1.165, 1.54) is 38.5 Å². The number of methoxy groups -OCH3 is 2. The van der Waals surface area contributed by atoms with Crippen molar-refractivity contribution in [1.29, 1.82) is 0 Å². The minimum Gasteiger partial charge on any atom is -0.486 e. The van der Waals surface area contributed by atoms with Gasteiger partial charge in [-0.1, -0.05) is 18.2 Å². The van der Waals surface area contributed by atoms with Crippen LogP contribution in [0.1, 0.15) is 37.0 Å². The minimum absolute atomic E-state index is 0.0148. The second-order valence-electron chi connectivity index (χ2n) is 6.07. The van der Waals surface area contributed by atoms with E-state index in [1.54, 1.807) is 18.2 Å². The Morgan fingerprint density at radius 2 is 1.63 bits per heavy atom. The van der Waals surface area contributed by atoms with E-state index in [-0.39, 0.29) is 29.2 Å². The van der Waals surface area contributed by atoms with Crippen LogP contribution in [0.15, 0.2) is 65.1 Å². The Hall–Kier alpha value is -4.07. The summed E-state index contributed by atoms with van der Waals surface area (Å²) in [6.45, 7) is 0.141. The molecular formula is C22H19NO7. The summed E-state index contributed by atoms with van der Waals surface area (Å²) in [5.41, 5.74) is 0.336. The summed E-state index contributed by atoms with van der Waals surface area (Å²) in [6, 6.07) is 16.4. The second-order valence-corrected chi connectivity index (χ2v) is 6.07. The van der Waals surface area contributed by atoms with Gasteiger partial charge in [0.05, 0.1) is 31.0 Å². The summed E-state index contributed by atoms with van der Waals surface area (Å²) in [5, 5.41) is 2.57. The first-order valence-corrected chi connectivity index (χ1v) is 8.90. The zero-order valence-corrected chi connectivity index (χ0v) is 16.3. The molecule has 0 aliphatic carbocycles. The molecule has 30 heavy (non-hydrogen) atoms. The maximum absolute atomic E-state index is 12.6. The van der Waals surface area contributed by atoms with E-state index in [0.29, 0.717) is 11.5 Å². The van der Waals surface area contributed by atoms with Crippen LogP contribution in [0.2, 0.25) is 0 Å². The van der Waals surface area contributed by atoms with Crippen molar-refractivity contribution in [2.75, 3.05) is 19.5 Å². The first-order valence-electron chi connectivity index (χ1n) is 8.90. The number of anilines is 1. The summed E-state index contributed by atoms with van der Waals surface area (Å²) in [4.78, 5) is 36.4. The molecule has 154 valence electrons. The number of amides is 1. The molecule has 0 saturated carbocycles. The molecule has 0 aliphatic rings. The third-order valence-corrected chi connectivity index (χ3v) is 4.10. The summed E-state index contributed by atoms with van der Waals surface area (Å²) in [6.07, 6.45) is 0. The molecule has 0 radical (unpaired) electrons. The summed E-state index contributed by atoms with van der Waals surface area (Å²) in [7, 11) is 2.45. The summed E-state index contributed by atoms with van der Waals surface area (Å²) in [5.74, 6) is -0.754. The van der Waals surface area contributed by atoms with Gasteiger partial charge in [0.15, 0.2) is 5.76 Å². The second kappa shape index (κ2) is 9.42. The number of para-hydroxylation sites is 1. The van der Waals surface area contributed by atoms with Crippen LogP contribution in [0.4, 0.5) is 5.69 Å². The molecule has 1 aromatic heterocycles. The van der Waals surface area contributed by atoms with E-state index in [4.69, 9.17) is 13.9 Å². The fraction of sp³-hybridized carbons (Fsp3) is 0.136. The number of furan rings is 1. The Kier molecular flexibility index (Phi) is 6.49. The van der Waals surface area contributed by atoms with E-state index in [9.17, 15) is 14.4 Å². The van der Waals surface area contributed by atoms with Crippen molar-refractivity contribution < 1.29 is 33.0 Å². The first-order chi connectivity index (χ1) is 14.5. The van der Waals surface area contributed by atoms with E-state index in [2.05, 4.69) is 10.1 Å². The number of benzene rings is 2. The van der Waals surface area contributed by atoms with Crippen molar-refractivity contribution in [3.8, 4) is 5.75 Å². The van der Waals surface area contributed by atoms with Crippen LogP contribution in [-0.4, -0.2) is 32.1 Å². The monoisotopic (exact) mass is 409 g/mol. The Balaban J connectivity index is 1.75. The van der Waals surface area contributed by atoms with Crippen molar-refractivity contribution >= 4 is 23.5 Å². The van der Waals surface area contributed by atoms with Gasteiger partial charge in [0, 0.05) is 0 Å². The van der Waals surface area contributed by atoms with Crippen molar-refractivity contribution in [3.63, 3.8) is 0 Å². The number of hydrogen-bond acceptors (Lipinski definition) is 7. The average Bonchev–Trinajstić information content (AvgIpc) is 3.26. The lowest BCUT2D eigenvalue weighted by atomic mass is 10.1. The first kappa shape index (κ1) is 20.7. The molecule has 0 bridgehead atoms. The van der Waals surface area contributed by atoms with Crippen molar-refractivity contribution in [3.05, 3.63) is 83.3 Å². The molecular weight excluding hydrogens is 390 g/mol. The lowest BCUT2D eigenvalue weighted by molar-refractivity contribution is 0.0587. The molecule has 3 rings (SSSR count). The molecule has 0 atom stereocenters. The highest BCUT2D eigenvalue weighted by atomic mass is 16.5. The van der Waals surface area contributed by atoms with Crippen molar-refractivity contribution in [2.45, 2.75) is 6.61 Å². The number of carbonyl (C=O) groups excluding carboxylic acids is 3. The zero-order chi connectivity index (χ0) is 21.5. The van der Waals surface area contributed by atoms with Crippen LogP contribution in [0, 0.1) is 0 Å². The number of rotatable bonds is 7. The Morgan fingerprint density at radius 1 is 0.900 bits per heavy atom. The van der Waals surface area contributed by atoms with Crippen molar-refractivity contribution in [1.82, 2.24) is 0 Å². The average molecular weight is 409 g/mol. The van der Waals surface area contributed by atoms with Gasteiger partial charge >= 0.3 is 11.9 Å². The van der Waals surface area contributed by atoms with Crippen LogP contribution >= 0.6 is 0 Å². The lowest BCUT2D eigenvalue weighted by Crippen LogP contribution is -2.16. The molecule has 8 heteroatoms. The maximum Gasteiger partial charge on any atom is 0.339 e. The van der Waals surface area contributed by atoms with E-state index < -0.39 is 17.8 Å². The van der Waals surface area contributed by atoms with Crippen LogP contribution in [0.25, 0.3) is 0 Å². The summed E-state index contributed by atoms with van der Waals surface area (Å²) < 4.78 is 20.5. The van der Waals surface area contributed by atoms with E-state index in [0.717, 1.165) is 0 Å². The highest BCUT2D eigenvalue weighted by Crippen LogP contribution is 2.21. The molecule has 0 spiro atoms. The highest BCUT2D eigenvalue weighted by molar-refractivity contribution is 6.07. The quantitative estimate of drug-likeness (QED) is 0.594. The Labute approximate surface area is 172 Å². The van der Waals surface area contributed by atoms with Gasteiger partial charge in [0.25, 0.3) is 5.91 Å². The third-order valence-electron chi connectivity index (χ3n) is 4.10. The third kappa shape index (κ3) is 4.85. The van der Waals surface area contributed by atoms with Gasteiger partial charge in [-0.2, -0.15) is 0 Å². The van der Waals surface area contributed by atoms with Gasteiger partial charge in [-0.15, -0.1) is 0 Å². The molecule has 0 saturated heterocycles. The van der Waals surface area contributed by atoms with Crippen molar-refractivity contribution in [2.24, 2.45) is 0 Å². The predicted octanol–water partition coefficient (Wildman–Crippen LogP) is 3.68. The topological polar surface area (TPSA) is 104 Å². The molecule has 2 aromatic carbocycles. The molecule has 3 aromatic rings. The van der Waals surface area contributed by atoms with Crippen LogP contribution in [0.5, 0.6) is 5.75 Å². The number of esters is 2. The van der Waals surface area contributed by atoms with E-state index in [1.807, 2.05) is 18.2 Å². The van der Waals surface area contributed by atoms with Crippen LogP contribution in [-0.2, 0) is 16.1 Å². The number of ether oxygens (including phenoxy) is 3. The van der Waals surface area contributed by atoms with Gasteiger partial charge < -0.3 is 23.9 Å². The maximum atomic E-state index is 12.6. The Bertz CT molecular complexity index is 1060. The van der Waals surface area contributed by atoms with E-state index >= 15 is 0 Å². The predicted molar refractivity (Wildman–Crippen MR) is 107 cm³/mol. The normalized spacial score (nSPS) is 10.2. The number of nitrogens with one attached hydrogen (secondary N) is 1. The van der Waals surface area contributed by atoms with Gasteiger partial charge in [0.2, 0.25) is 0 Å². The molecule has 8 nitrogen and oxygen atoms in total. The highest BCUT2D eigenvalue weighted by Gasteiger charge is 2.19. The smallest absolute Gasteiger partial charge is 0.339 e. The molecule has 1 amide bonds. The summed E-state index contributed by atoms with van der Waals surface area (Å²) >= 11 is 0. The largest absolute Gasteiger partial charge is 0.486 e. The molecule has 0 aliphatic heterocycles. The van der Waals surface area contributed by atoms with Gasteiger partial charge in [-0.25, -0.2) is 9.59 Å². The Morgan fingerprint density at radius 3 is 2.33 bits per heavy atom. The fourth-order valence-electron chi connectivity index (χ4n) is 2.61. The number of hydrogen-bond donors (Lipinski definition) is 1. The standard InChI is InChI=1S/C22H19NO7/c1-27-21(25)14-8-10-17(22(26)28-2)18(12-14)23-20(24)19-11-9-16(30-19)13-29-15-6-4-3-5-7-15/h3-12H,13H2,1-2H3,(H,23,24). The minimum atomic E-state index is -0.668. The van der Waals surface area contributed by atoms with Gasteiger partial charge in [0.1, 0.15) is 18.1 Å². The zero-order valence-electron chi connectivity index (χ0n) is 16.3. The molecule has 0 fully saturated rings. The van der Waals surface area contributed by atoms with Gasteiger partial charge in [-0.05, 0) is 42.5 Å². The lowest BCUT2D eigenvalue weighted by Gasteiger charge is -2.10. The molecule has 1 N–H and O–H groups in total. The molecule has 0 unspecified atom stereocenters. The number of carbonyl (C=O) groups is 3. The van der Waals surface area contributed by atoms with Crippen LogP contribution < -0.4 is 10.1 Å². The fourth-order valence-corrected chi connectivity index (χ4v) is 2.61.